The fourth-order valence-corrected chi connectivity index (χ4v) is 0.842. The quantitative estimate of drug-likeness (QED) is 0.449. The van der Waals surface area contributed by atoms with Crippen molar-refractivity contribution in [2.45, 2.75) is 6.29 Å². The molecule has 68 valence electrons. The second-order valence-corrected chi connectivity index (χ2v) is 2.22. The summed E-state index contributed by atoms with van der Waals surface area (Å²) < 4.78 is 0. The van der Waals surface area contributed by atoms with Crippen LogP contribution in [0.5, 0.6) is 0 Å². The van der Waals surface area contributed by atoms with E-state index < -0.39 is 6.29 Å². The lowest BCUT2D eigenvalue weighted by Crippen LogP contribution is -2.53. The molecule has 0 saturated carbocycles. The van der Waals surface area contributed by atoms with E-state index in [1.54, 1.807) is 0 Å². The number of nitrogens with zero attached hydrogens (tertiary/aromatic N) is 3. The van der Waals surface area contributed by atoms with E-state index >= 15 is 0 Å². The summed E-state index contributed by atoms with van der Waals surface area (Å²) >= 11 is 0. The van der Waals surface area contributed by atoms with E-state index in [1.807, 2.05) is 0 Å². The van der Waals surface area contributed by atoms with Gasteiger partial charge >= 0.3 is 0 Å². The molecule has 1 rings (SSSR count). The first-order valence-electron chi connectivity index (χ1n) is 3.45. The Morgan fingerprint density at radius 3 is 2.75 bits per heavy atom. The van der Waals surface area contributed by atoms with Gasteiger partial charge in [0.1, 0.15) is 0 Å². The van der Waals surface area contributed by atoms with Gasteiger partial charge in [0.25, 0.3) is 0 Å². The van der Waals surface area contributed by atoms with E-state index in [4.69, 9.17) is 0 Å². The van der Waals surface area contributed by atoms with Crippen LogP contribution in [0.1, 0.15) is 0 Å². The van der Waals surface area contributed by atoms with Crippen molar-refractivity contribution in [2.24, 2.45) is 10.5 Å². The zero-order valence-corrected chi connectivity index (χ0v) is 6.36. The Labute approximate surface area is 68.6 Å². The van der Waals surface area contributed by atoms with E-state index in [0.29, 0.717) is 13.3 Å². The zero-order chi connectivity index (χ0) is 8.81. The van der Waals surface area contributed by atoms with Crippen molar-refractivity contribution in [3.8, 4) is 0 Å². The standard InChI is InChI=1S/C4H10N6O2/c11-8-4-7-2-5-1-6-3-10(4)9-12/h4-7H,1-3H2. The SMILES string of the molecule is O=NC1NCNCNCN1N=O. The molecule has 0 aromatic carbocycles. The Balaban J connectivity index is 2.50. The summed E-state index contributed by atoms with van der Waals surface area (Å²) in [6.07, 6.45) is -0.900. The van der Waals surface area contributed by atoms with Gasteiger partial charge in [-0.3, -0.25) is 16.0 Å². The molecule has 1 atom stereocenters. The van der Waals surface area contributed by atoms with Crippen LogP contribution in [0.15, 0.2) is 10.5 Å². The Morgan fingerprint density at radius 2 is 2.08 bits per heavy atom. The van der Waals surface area contributed by atoms with Gasteiger partial charge in [-0.2, -0.15) is 0 Å². The highest BCUT2D eigenvalue weighted by Gasteiger charge is 2.18. The Hall–Kier alpha value is -1.12. The van der Waals surface area contributed by atoms with Crippen LogP contribution in [0.4, 0.5) is 0 Å². The van der Waals surface area contributed by atoms with Gasteiger partial charge in [0.15, 0.2) is 0 Å². The fourth-order valence-electron chi connectivity index (χ4n) is 0.842. The number of hydrogen-bond donors (Lipinski definition) is 3. The van der Waals surface area contributed by atoms with Crippen LogP contribution in [-0.4, -0.2) is 31.3 Å². The maximum Gasteiger partial charge on any atom is 0.237 e. The first kappa shape index (κ1) is 8.97. The number of rotatable bonds is 2. The van der Waals surface area contributed by atoms with Crippen LogP contribution >= 0.6 is 0 Å². The van der Waals surface area contributed by atoms with E-state index in [2.05, 4.69) is 26.4 Å². The summed E-state index contributed by atoms with van der Waals surface area (Å²) in [4.78, 5) is 20.4. The first-order valence-corrected chi connectivity index (χ1v) is 3.45. The minimum Gasteiger partial charge on any atom is -0.292 e. The van der Waals surface area contributed by atoms with Gasteiger partial charge < -0.3 is 0 Å². The molecule has 1 saturated heterocycles. The molecule has 1 unspecified atom stereocenters. The van der Waals surface area contributed by atoms with Gasteiger partial charge in [-0.1, -0.05) is 0 Å². The van der Waals surface area contributed by atoms with Crippen molar-refractivity contribution in [1.82, 2.24) is 21.0 Å². The summed E-state index contributed by atoms with van der Waals surface area (Å²) in [6.45, 7) is 1.14. The minimum absolute atomic E-state index is 0.194. The molecular formula is C4H10N6O2. The highest BCUT2D eigenvalue weighted by atomic mass is 16.3. The molecule has 1 aliphatic heterocycles. The van der Waals surface area contributed by atoms with Gasteiger partial charge in [0.2, 0.25) is 6.29 Å². The van der Waals surface area contributed by atoms with Crippen molar-refractivity contribution in [3.63, 3.8) is 0 Å². The Bertz CT molecular complexity index is 146. The normalized spacial score (nSPS) is 25.7. The maximum atomic E-state index is 10.2. The molecule has 1 fully saturated rings. The number of nitroso groups, excluding NO2 is 2. The number of hydrogen-bond acceptors (Lipinski definition) is 7. The van der Waals surface area contributed by atoms with Crippen molar-refractivity contribution in [2.75, 3.05) is 20.0 Å². The third-order valence-corrected chi connectivity index (χ3v) is 1.42. The fraction of sp³-hybridized carbons (Fsp3) is 1.00. The van der Waals surface area contributed by atoms with Crippen LogP contribution in [0.25, 0.3) is 0 Å². The molecule has 0 spiro atoms. The van der Waals surface area contributed by atoms with Crippen LogP contribution in [0.2, 0.25) is 0 Å². The third-order valence-electron chi connectivity index (χ3n) is 1.42. The third kappa shape index (κ3) is 2.19. The summed E-state index contributed by atoms with van der Waals surface area (Å²) in [5, 5.41) is 14.7. The lowest BCUT2D eigenvalue weighted by atomic mass is 10.7. The van der Waals surface area contributed by atoms with Crippen molar-refractivity contribution in [3.05, 3.63) is 9.81 Å². The predicted molar refractivity (Wildman–Crippen MR) is 41.2 cm³/mol. The van der Waals surface area contributed by atoms with Gasteiger partial charge in [-0.25, -0.2) is 5.01 Å². The Morgan fingerprint density at radius 1 is 1.25 bits per heavy atom. The molecule has 0 bridgehead atoms. The molecule has 3 N–H and O–H groups in total. The Kier molecular flexibility index (Phi) is 3.51. The molecule has 12 heavy (non-hydrogen) atoms. The molecule has 8 nitrogen and oxygen atoms in total. The number of nitrogens with one attached hydrogen (secondary N) is 3. The largest absolute Gasteiger partial charge is 0.292 e. The van der Waals surface area contributed by atoms with Crippen LogP contribution in [-0.2, 0) is 0 Å². The van der Waals surface area contributed by atoms with Crippen LogP contribution < -0.4 is 16.0 Å². The molecule has 1 heterocycles. The molecule has 0 aromatic heterocycles. The second-order valence-electron chi connectivity index (χ2n) is 2.22. The molecule has 0 aromatic rings. The lowest BCUT2D eigenvalue weighted by molar-refractivity contribution is 0.142. The van der Waals surface area contributed by atoms with Crippen LogP contribution in [0.3, 0.4) is 0 Å². The maximum absolute atomic E-state index is 10.2. The van der Waals surface area contributed by atoms with Gasteiger partial charge in [-0.15, -0.1) is 9.81 Å². The zero-order valence-electron chi connectivity index (χ0n) is 6.36. The topological polar surface area (TPSA) is 98.2 Å². The van der Waals surface area contributed by atoms with Gasteiger partial charge in [0.05, 0.1) is 12.0 Å². The van der Waals surface area contributed by atoms with Crippen molar-refractivity contribution < 1.29 is 0 Å². The highest BCUT2D eigenvalue weighted by Crippen LogP contribution is 1.96. The molecule has 1 aliphatic rings. The van der Waals surface area contributed by atoms with E-state index in [-0.39, 0.29) is 6.67 Å². The van der Waals surface area contributed by atoms with E-state index in [0.717, 1.165) is 5.01 Å². The molecule has 0 aliphatic carbocycles. The van der Waals surface area contributed by atoms with Gasteiger partial charge in [0, 0.05) is 13.3 Å². The monoisotopic (exact) mass is 174 g/mol. The molecule has 0 amide bonds. The summed E-state index contributed by atoms with van der Waals surface area (Å²) in [5.74, 6) is 0. The summed E-state index contributed by atoms with van der Waals surface area (Å²) in [6, 6.07) is 0. The average molecular weight is 174 g/mol. The predicted octanol–water partition coefficient (Wildman–Crippen LogP) is -1.33. The van der Waals surface area contributed by atoms with E-state index in [1.165, 1.54) is 0 Å². The average Bonchev–Trinajstić information content (AvgIpc) is 2.05. The van der Waals surface area contributed by atoms with Crippen molar-refractivity contribution >= 4 is 0 Å². The summed E-state index contributed by atoms with van der Waals surface area (Å²) in [7, 11) is 0. The smallest absolute Gasteiger partial charge is 0.237 e. The second kappa shape index (κ2) is 4.70. The van der Waals surface area contributed by atoms with Crippen LogP contribution in [0, 0.1) is 9.81 Å². The molecule has 0 radical (unpaired) electrons. The lowest BCUT2D eigenvalue weighted by Gasteiger charge is -2.24. The highest BCUT2D eigenvalue weighted by molar-refractivity contribution is 4.64. The molecule has 8 heteroatoms. The van der Waals surface area contributed by atoms with E-state index in [9.17, 15) is 9.81 Å². The first-order chi connectivity index (χ1) is 5.88. The van der Waals surface area contributed by atoms with Gasteiger partial charge in [-0.05, 0) is 5.18 Å². The summed E-state index contributed by atoms with van der Waals surface area (Å²) in [5.41, 5.74) is 0. The molecular weight excluding hydrogens is 164 g/mol. The van der Waals surface area contributed by atoms with Crippen molar-refractivity contribution in [1.29, 1.82) is 0 Å². The minimum atomic E-state index is -0.900.